The predicted molar refractivity (Wildman–Crippen MR) is 142 cm³/mol. The molecular weight excluding hydrogens is 482 g/mol. The normalized spacial score (nSPS) is 18.7. The van der Waals surface area contributed by atoms with Gasteiger partial charge in [0, 0.05) is 22.0 Å². The smallest absolute Gasteiger partial charge is 0.276 e. The molecule has 1 aliphatic heterocycles. The van der Waals surface area contributed by atoms with E-state index in [4.69, 9.17) is 16.6 Å². The molecule has 1 aromatic heterocycles. The van der Waals surface area contributed by atoms with Crippen molar-refractivity contribution in [3.05, 3.63) is 107 Å². The number of aliphatic hydroxyl groups is 1. The summed E-state index contributed by atoms with van der Waals surface area (Å²) in [6.07, 6.45) is 1.43. The molecule has 3 N–H and O–H groups in total. The number of amidine groups is 1. The Morgan fingerprint density at radius 2 is 1.83 bits per heavy atom. The van der Waals surface area contributed by atoms with Gasteiger partial charge in [0.25, 0.3) is 5.91 Å². The molecule has 3 aromatic carbocycles. The van der Waals surface area contributed by atoms with Gasteiger partial charge in [-0.3, -0.25) is 9.69 Å². The van der Waals surface area contributed by atoms with Crippen LogP contribution in [0.4, 0.5) is 17.2 Å². The maximum absolute atomic E-state index is 13.0. The van der Waals surface area contributed by atoms with Crippen LogP contribution in [-0.4, -0.2) is 31.9 Å². The zero-order valence-electron chi connectivity index (χ0n) is 18.8. The number of carbonyl (C=O) groups is 1. The quantitative estimate of drug-likeness (QED) is 0.324. The van der Waals surface area contributed by atoms with Gasteiger partial charge in [0.2, 0.25) is 0 Å². The average molecular weight is 504 g/mol. The van der Waals surface area contributed by atoms with Crippen LogP contribution in [0.15, 0.2) is 90.2 Å². The van der Waals surface area contributed by atoms with Crippen molar-refractivity contribution in [3.63, 3.8) is 0 Å². The molecule has 1 amide bonds. The second kappa shape index (κ2) is 9.58. The van der Waals surface area contributed by atoms with Gasteiger partial charge in [-0.1, -0.05) is 77.5 Å². The number of aromatic nitrogens is 2. The van der Waals surface area contributed by atoms with E-state index in [2.05, 4.69) is 15.3 Å². The first-order valence-electron chi connectivity index (χ1n) is 10.9. The molecule has 0 saturated carbocycles. The Labute approximate surface area is 211 Å². The fraction of sp³-hybridized carbons (Fsp3) is 0.115. The Morgan fingerprint density at radius 3 is 2.57 bits per heavy atom. The number of anilines is 2. The van der Waals surface area contributed by atoms with Crippen molar-refractivity contribution in [2.45, 2.75) is 12.6 Å². The van der Waals surface area contributed by atoms with Crippen molar-refractivity contribution in [2.75, 3.05) is 16.0 Å². The zero-order chi connectivity index (χ0) is 24.4. The summed E-state index contributed by atoms with van der Waals surface area (Å²) < 4.78 is 0. The third-order valence-electron chi connectivity index (χ3n) is 5.64. The molecule has 5 rings (SSSR count). The summed E-state index contributed by atoms with van der Waals surface area (Å²) in [6, 6.07) is 24.2. The molecule has 0 spiro atoms. The van der Waals surface area contributed by atoms with Crippen LogP contribution in [0, 0.1) is 6.92 Å². The molecular formula is C26H22ClN5O2S. The molecule has 176 valence electrons. The van der Waals surface area contributed by atoms with Crippen LogP contribution in [0.1, 0.15) is 21.6 Å². The maximum atomic E-state index is 13.0. The van der Waals surface area contributed by atoms with E-state index in [9.17, 15) is 9.90 Å². The molecule has 1 aliphatic rings. The number of hydrogen-bond donors (Lipinski definition) is 3. The van der Waals surface area contributed by atoms with E-state index in [1.165, 1.54) is 18.1 Å². The van der Waals surface area contributed by atoms with E-state index in [1.807, 2.05) is 73.7 Å². The minimum absolute atomic E-state index is 0.222. The Morgan fingerprint density at radius 1 is 1.11 bits per heavy atom. The van der Waals surface area contributed by atoms with Crippen LogP contribution in [0.5, 0.6) is 0 Å². The number of aryl methyl sites for hydroxylation is 1. The molecule has 0 unspecified atom stereocenters. The van der Waals surface area contributed by atoms with Crippen molar-refractivity contribution >= 4 is 51.6 Å². The highest BCUT2D eigenvalue weighted by Crippen LogP contribution is 2.45. The van der Waals surface area contributed by atoms with Crippen molar-refractivity contribution < 1.29 is 9.90 Å². The molecule has 0 radical (unpaired) electrons. The number of hydrogen-bond acceptors (Lipinski definition) is 5. The van der Waals surface area contributed by atoms with Gasteiger partial charge in [-0.05, 0) is 37.3 Å². The molecule has 35 heavy (non-hydrogen) atoms. The number of para-hydroxylation sites is 1. The molecule has 1 saturated heterocycles. The SMILES string of the molecule is Cc1ccc(NC(=O)c2[nH]cnc2N=C2SC[C@@](O)(c3ccccc3Cl)N2c2ccccc2)cc1. The maximum Gasteiger partial charge on any atom is 0.276 e. The molecule has 1 atom stereocenters. The van der Waals surface area contributed by atoms with Gasteiger partial charge in [0.15, 0.2) is 22.4 Å². The van der Waals surface area contributed by atoms with Crippen molar-refractivity contribution in [3.8, 4) is 0 Å². The molecule has 7 nitrogen and oxygen atoms in total. The topological polar surface area (TPSA) is 93.6 Å². The van der Waals surface area contributed by atoms with Crippen LogP contribution < -0.4 is 10.2 Å². The van der Waals surface area contributed by atoms with Gasteiger partial charge in [-0.15, -0.1) is 0 Å². The Bertz CT molecular complexity index is 1390. The number of H-pyrrole nitrogens is 1. The van der Waals surface area contributed by atoms with Crippen molar-refractivity contribution in [1.82, 2.24) is 9.97 Å². The van der Waals surface area contributed by atoms with Gasteiger partial charge < -0.3 is 15.4 Å². The van der Waals surface area contributed by atoms with E-state index in [0.717, 1.165) is 11.3 Å². The summed E-state index contributed by atoms with van der Waals surface area (Å²) in [5.74, 6) is 0.155. The fourth-order valence-electron chi connectivity index (χ4n) is 3.88. The van der Waals surface area contributed by atoms with Gasteiger partial charge >= 0.3 is 0 Å². The van der Waals surface area contributed by atoms with Crippen LogP contribution in [0.25, 0.3) is 0 Å². The van der Waals surface area contributed by atoms with E-state index >= 15 is 0 Å². The lowest BCUT2D eigenvalue weighted by Crippen LogP contribution is -2.45. The van der Waals surface area contributed by atoms with Crippen molar-refractivity contribution in [1.29, 1.82) is 0 Å². The monoisotopic (exact) mass is 503 g/mol. The third-order valence-corrected chi connectivity index (χ3v) is 7.05. The molecule has 9 heteroatoms. The van der Waals surface area contributed by atoms with E-state index in [-0.39, 0.29) is 17.4 Å². The van der Waals surface area contributed by atoms with Crippen LogP contribution in [0.3, 0.4) is 0 Å². The van der Waals surface area contributed by atoms with Crippen molar-refractivity contribution in [2.24, 2.45) is 4.99 Å². The lowest BCUT2D eigenvalue weighted by atomic mass is 10.0. The summed E-state index contributed by atoms with van der Waals surface area (Å²) in [5.41, 5.74) is 1.86. The number of thioether (sulfide) groups is 1. The predicted octanol–water partition coefficient (Wildman–Crippen LogP) is 5.71. The number of imidazole rings is 1. The fourth-order valence-corrected chi connectivity index (χ4v) is 5.32. The zero-order valence-corrected chi connectivity index (χ0v) is 20.3. The highest BCUT2D eigenvalue weighted by Gasteiger charge is 2.47. The molecule has 0 aliphatic carbocycles. The summed E-state index contributed by atoms with van der Waals surface area (Å²) in [6.45, 7) is 1.98. The van der Waals surface area contributed by atoms with Crippen LogP contribution in [-0.2, 0) is 5.72 Å². The highest BCUT2D eigenvalue weighted by molar-refractivity contribution is 8.14. The number of rotatable bonds is 5. The largest absolute Gasteiger partial charge is 0.366 e. The van der Waals surface area contributed by atoms with E-state index < -0.39 is 5.72 Å². The molecule has 2 heterocycles. The second-order valence-electron chi connectivity index (χ2n) is 8.07. The molecule has 4 aromatic rings. The summed E-state index contributed by atoms with van der Waals surface area (Å²) >= 11 is 7.85. The number of nitrogens with zero attached hydrogens (tertiary/aromatic N) is 3. The second-order valence-corrected chi connectivity index (χ2v) is 9.42. The average Bonchev–Trinajstić information content (AvgIpc) is 3.46. The van der Waals surface area contributed by atoms with E-state index in [1.54, 1.807) is 17.0 Å². The van der Waals surface area contributed by atoms with Gasteiger partial charge in [0.1, 0.15) is 0 Å². The van der Waals surface area contributed by atoms with E-state index in [0.29, 0.717) is 27.2 Å². The minimum Gasteiger partial charge on any atom is -0.366 e. The Balaban J connectivity index is 1.52. The van der Waals surface area contributed by atoms with Gasteiger partial charge in [0.05, 0.1) is 12.1 Å². The summed E-state index contributed by atoms with van der Waals surface area (Å²) in [5, 5.41) is 15.7. The molecule has 0 bridgehead atoms. The number of aliphatic imine (C=N–C) groups is 1. The number of amides is 1. The standard InChI is InChI=1S/C26H22ClN5O2S/c1-17-11-13-18(14-12-17)30-24(33)22-23(29-16-28-22)31-25-32(19-7-3-2-4-8-19)26(34,15-35-25)20-9-5-6-10-21(20)27/h2-14,16,34H,15H2,1H3,(H,28,29)(H,30,33)/t26-/m1/s1. The Kier molecular flexibility index (Phi) is 6.34. The lowest BCUT2D eigenvalue weighted by molar-refractivity contribution is 0.0769. The lowest BCUT2D eigenvalue weighted by Gasteiger charge is -2.35. The van der Waals surface area contributed by atoms with Crippen LogP contribution in [0.2, 0.25) is 5.02 Å². The van der Waals surface area contributed by atoms with Gasteiger partial charge in [-0.2, -0.15) is 0 Å². The Hall–Kier alpha value is -3.59. The summed E-state index contributed by atoms with van der Waals surface area (Å²) in [7, 11) is 0. The third kappa shape index (κ3) is 4.55. The first-order chi connectivity index (χ1) is 17.0. The summed E-state index contributed by atoms with van der Waals surface area (Å²) in [4.78, 5) is 26.6. The minimum atomic E-state index is -1.44. The van der Waals surface area contributed by atoms with Crippen LogP contribution >= 0.6 is 23.4 Å². The number of carbonyl (C=O) groups excluding carboxylic acids is 1. The number of aromatic amines is 1. The number of halogens is 1. The number of benzene rings is 3. The number of nitrogens with one attached hydrogen (secondary N) is 2. The first kappa shape index (κ1) is 23.2. The highest BCUT2D eigenvalue weighted by atomic mass is 35.5. The molecule has 1 fully saturated rings. The van der Waals surface area contributed by atoms with Gasteiger partial charge in [-0.25, -0.2) is 9.98 Å². The first-order valence-corrected chi connectivity index (χ1v) is 12.3.